The molecule has 0 N–H and O–H groups in total. The molecule has 0 amide bonds. The van der Waals surface area contributed by atoms with Crippen molar-refractivity contribution >= 4 is 0 Å². The van der Waals surface area contributed by atoms with Gasteiger partial charge >= 0.3 is 0 Å². The molecule has 1 atom stereocenters. The molecular weight excluding hydrogens is 238 g/mol. The summed E-state index contributed by atoms with van der Waals surface area (Å²) in [6.07, 6.45) is 7.92. The number of ether oxygens (including phenoxy) is 1. The summed E-state index contributed by atoms with van der Waals surface area (Å²) in [5, 5.41) is 0. The number of hydrogen-bond acceptors (Lipinski definition) is 3. The van der Waals surface area contributed by atoms with Crippen molar-refractivity contribution in [3.05, 3.63) is 18.2 Å². The second-order valence-electron chi connectivity index (χ2n) is 6.10. The van der Waals surface area contributed by atoms with Crippen molar-refractivity contribution in [2.45, 2.75) is 32.7 Å². The predicted octanol–water partition coefficient (Wildman–Crippen LogP) is 1.94. The molecule has 4 heteroatoms. The quantitative estimate of drug-likeness (QED) is 0.831. The SMILES string of the molecule is Cc1nccn1CC1CCN(C[C@@H]2CCOC2)CC1. The van der Waals surface area contributed by atoms with E-state index in [1.807, 2.05) is 6.20 Å². The van der Waals surface area contributed by atoms with Gasteiger partial charge in [0.1, 0.15) is 5.82 Å². The summed E-state index contributed by atoms with van der Waals surface area (Å²) < 4.78 is 7.76. The minimum Gasteiger partial charge on any atom is -0.381 e. The van der Waals surface area contributed by atoms with Crippen LogP contribution in [-0.2, 0) is 11.3 Å². The third-order valence-corrected chi connectivity index (χ3v) is 4.63. The molecule has 2 aliphatic heterocycles. The molecule has 19 heavy (non-hydrogen) atoms. The average Bonchev–Trinajstić information content (AvgIpc) is 3.05. The topological polar surface area (TPSA) is 30.3 Å². The van der Waals surface area contributed by atoms with E-state index in [2.05, 4.69) is 27.6 Å². The van der Waals surface area contributed by atoms with Crippen molar-refractivity contribution in [3.8, 4) is 0 Å². The predicted molar refractivity (Wildman–Crippen MR) is 75.1 cm³/mol. The summed E-state index contributed by atoms with van der Waals surface area (Å²) in [4.78, 5) is 6.94. The van der Waals surface area contributed by atoms with Crippen LogP contribution in [-0.4, -0.2) is 47.3 Å². The van der Waals surface area contributed by atoms with Crippen LogP contribution in [0.1, 0.15) is 25.1 Å². The maximum Gasteiger partial charge on any atom is 0.105 e. The Kier molecular flexibility index (Phi) is 4.18. The Morgan fingerprint density at radius 3 is 2.68 bits per heavy atom. The second-order valence-corrected chi connectivity index (χ2v) is 6.10. The lowest BCUT2D eigenvalue weighted by atomic mass is 9.95. The third kappa shape index (κ3) is 3.37. The Labute approximate surface area is 115 Å². The molecule has 106 valence electrons. The normalized spacial score (nSPS) is 26.1. The molecule has 0 saturated carbocycles. The molecule has 3 rings (SSSR count). The highest BCUT2D eigenvalue weighted by molar-refractivity contribution is 4.89. The molecule has 0 unspecified atom stereocenters. The Bertz CT molecular complexity index is 390. The lowest BCUT2D eigenvalue weighted by molar-refractivity contribution is 0.136. The van der Waals surface area contributed by atoms with Crippen LogP contribution in [0.5, 0.6) is 0 Å². The zero-order chi connectivity index (χ0) is 13.1. The van der Waals surface area contributed by atoms with Crippen molar-refractivity contribution in [1.29, 1.82) is 0 Å². The maximum absolute atomic E-state index is 5.47. The standard InChI is InChI=1S/C15H25N3O/c1-13-16-5-8-18(13)11-14-2-6-17(7-3-14)10-15-4-9-19-12-15/h5,8,14-15H,2-4,6-7,9-12H2,1H3/t15-/m0/s1. The van der Waals surface area contributed by atoms with Crippen molar-refractivity contribution in [2.75, 3.05) is 32.8 Å². The number of likely N-dealkylation sites (tertiary alicyclic amines) is 1. The van der Waals surface area contributed by atoms with Gasteiger partial charge in [0, 0.05) is 32.1 Å². The van der Waals surface area contributed by atoms with Crippen molar-refractivity contribution in [2.24, 2.45) is 11.8 Å². The second kappa shape index (κ2) is 6.06. The molecule has 2 fully saturated rings. The Morgan fingerprint density at radius 2 is 2.05 bits per heavy atom. The van der Waals surface area contributed by atoms with Crippen LogP contribution in [0, 0.1) is 18.8 Å². The fourth-order valence-corrected chi connectivity index (χ4v) is 3.32. The molecule has 0 aromatic carbocycles. The van der Waals surface area contributed by atoms with Crippen LogP contribution in [0.2, 0.25) is 0 Å². The first kappa shape index (κ1) is 13.1. The van der Waals surface area contributed by atoms with E-state index in [-0.39, 0.29) is 0 Å². The summed E-state index contributed by atoms with van der Waals surface area (Å²) >= 11 is 0. The number of imidazole rings is 1. The summed E-state index contributed by atoms with van der Waals surface area (Å²) in [6, 6.07) is 0. The third-order valence-electron chi connectivity index (χ3n) is 4.63. The zero-order valence-electron chi connectivity index (χ0n) is 11.9. The molecule has 0 radical (unpaired) electrons. The van der Waals surface area contributed by atoms with Gasteiger partial charge in [-0.3, -0.25) is 0 Å². The van der Waals surface area contributed by atoms with Crippen LogP contribution >= 0.6 is 0 Å². The molecule has 2 aliphatic rings. The molecule has 4 nitrogen and oxygen atoms in total. The van der Waals surface area contributed by atoms with E-state index in [4.69, 9.17) is 4.74 Å². The summed E-state index contributed by atoms with van der Waals surface area (Å²) in [5.74, 6) is 2.75. The zero-order valence-corrected chi connectivity index (χ0v) is 11.9. The highest BCUT2D eigenvalue weighted by atomic mass is 16.5. The molecule has 2 saturated heterocycles. The van der Waals surface area contributed by atoms with Crippen LogP contribution < -0.4 is 0 Å². The highest BCUT2D eigenvalue weighted by Gasteiger charge is 2.24. The van der Waals surface area contributed by atoms with Crippen LogP contribution in [0.25, 0.3) is 0 Å². The smallest absolute Gasteiger partial charge is 0.105 e. The molecular formula is C15H25N3O. The Hall–Kier alpha value is -0.870. The largest absolute Gasteiger partial charge is 0.381 e. The lowest BCUT2D eigenvalue weighted by Crippen LogP contribution is -2.38. The number of piperidine rings is 1. The Morgan fingerprint density at radius 1 is 1.21 bits per heavy atom. The van der Waals surface area contributed by atoms with Gasteiger partial charge < -0.3 is 14.2 Å². The van der Waals surface area contributed by atoms with Gasteiger partial charge in [-0.2, -0.15) is 0 Å². The number of nitrogens with zero attached hydrogens (tertiary/aromatic N) is 3. The van der Waals surface area contributed by atoms with E-state index >= 15 is 0 Å². The summed E-state index contributed by atoms with van der Waals surface area (Å²) in [6.45, 7) is 8.96. The van der Waals surface area contributed by atoms with E-state index in [9.17, 15) is 0 Å². The fraction of sp³-hybridized carbons (Fsp3) is 0.800. The van der Waals surface area contributed by atoms with Gasteiger partial charge in [0.05, 0.1) is 6.61 Å². The lowest BCUT2D eigenvalue weighted by Gasteiger charge is -2.33. The van der Waals surface area contributed by atoms with Gasteiger partial charge in [0.2, 0.25) is 0 Å². The Balaban J connectivity index is 1.43. The molecule has 3 heterocycles. The number of hydrogen-bond donors (Lipinski definition) is 0. The van der Waals surface area contributed by atoms with Crippen molar-refractivity contribution in [1.82, 2.24) is 14.5 Å². The first-order valence-electron chi connectivity index (χ1n) is 7.59. The van der Waals surface area contributed by atoms with Gasteiger partial charge in [0.15, 0.2) is 0 Å². The van der Waals surface area contributed by atoms with Gasteiger partial charge in [-0.1, -0.05) is 0 Å². The van der Waals surface area contributed by atoms with Crippen molar-refractivity contribution < 1.29 is 4.74 Å². The van der Waals surface area contributed by atoms with E-state index in [0.29, 0.717) is 0 Å². The first-order chi connectivity index (χ1) is 9.31. The summed E-state index contributed by atoms with van der Waals surface area (Å²) in [7, 11) is 0. The van der Waals surface area contributed by atoms with Crippen LogP contribution in [0.3, 0.4) is 0 Å². The van der Waals surface area contributed by atoms with E-state index in [0.717, 1.165) is 37.4 Å². The monoisotopic (exact) mass is 263 g/mol. The molecule has 0 aliphatic carbocycles. The van der Waals surface area contributed by atoms with E-state index < -0.39 is 0 Å². The maximum atomic E-state index is 5.47. The van der Waals surface area contributed by atoms with Gasteiger partial charge in [-0.05, 0) is 51.1 Å². The molecule has 1 aromatic heterocycles. The average molecular weight is 263 g/mol. The minimum atomic E-state index is 0.785. The summed E-state index contributed by atoms with van der Waals surface area (Å²) in [5.41, 5.74) is 0. The van der Waals surface area contributed by atoms with Crippen molar-refractivity contribution in [3.63, 3.8) is 0 Å². The number of aromatic nitrogens is 2. The van der Waals surface area contributed by atoms with Crippen LogP contribution in [0.4, 0.5) is 0 Å². The highest BCUT2D eigenvalue weighted by Crippen LogP contribution is 2.22. The van der Waals surface area contributed by atoms with Crippen LogP contribution in [0.15, 0.2) is 12.4 Å². The van der Waals surface area contributed by atoms with Gasteiger partial charge in [-0.25, -0.2) is 4.98 Å². The molecule has 0 bridgehead atoms. The molecule has 1 aromatic rings. The number of aryl methyl sites for hydroxylation is 1. The van der Waals surface area contributed by atoms with E-state index in [1.165, 1.54) is 38.9 Å². The molecule has 0 spiro atoms. The fourth-order valence-electron chi connectivity index (χ4n) is 3.32. The minimum absolute atomic E-state index is 0.785. The first-order valence-corrected chi connectivity index (χ1v) is 7.59. The van der Waals surface area contributed by atoms with E-state index in [1.54, 1.807) is 0 Å². The number of rotatable bonds is 4. The van der Waals surface area contributed by atoms with Gasteiger partial charge in [-0.15, -0.1) is 0 Å². The van der Waals surface area contributed by atoms with Gasteiger partial charge in [0.25, 0.3) is 0 Å².